The van der Waals surface area contributed by atoms with Gasteiger partial charge in [0.1, 0.15) is 0 Å². The Morgan fingerprint density at radius 3 is 2.57 bits per heavy atom. The fourth-order valence-corrected chi connectivity index (χ4v) is 3.45. The first-order valence-corrected chi connectivity index (χ1v) is 7.76. The van der Waals surface area contributed by atoms with E-state index in [4.69, 9.17) is 9.47 Å². The van der Waals surface area contributed by atoms with Crippen molar-refractivity contribution in [2.24, 2.45) is 0 Å². The van der Waals surface area contributed by atoms with E-state index in [0.29, 0.717) is 17.7 Å². The Labute approximate surface area is 126 Å². The molecule has 4 heteroatoms. The molecule has 1 fully saturated rings. The van der Waals surface area contributed by atoms with Gasteiger partial charge in [-0.3, -0.25) is 0 Å². The van der Waals surface area contributed by atoms with Crippen molar-refractivity contribution < 1.29 is 13.9 Å². The van der Waals surface area contributed by atoms with Gasteiger partial charge < -0.3 is 14.8 Å². The number of benzene rings is 1. The van der Waals surface area contributed by atoms with Crippen LogP contribution >= 0.6 is 0 Å². The van der Waals surface area contributed by atoms with Crippen molar-refractivity contribution in [1.29, 1.82) is 0 Å². The highest BCUT2D eigenvalue weighted by atomic mass is 19.1. The molecule has 2 rings (SSSR count). The Balaban J connectivity index is 2.24. The van der Waals surface area contributed by atoms with Gasteiger partial charge in [-0.25, -0.2) is 4.39 Å². The third kappa shape index (κ3) is 3.38. The van der Waals surface area contributed by atoms with Crippen molar-refractivity contribution >= 4 is 0 Å². The van der Waals surface area contributed by atoms with Crippen LogP contribution in [0.25, 0.3) is 0 Å². The molecule has 0 aliphatic heterocycles. The molecule has 1 N–H and O–H groups in total. The van der Waals surface area contributed by atoms with Crippen LogP contribution in [0.2, 0.25) is 0 Å². The van der Waals surface area contributed by atoms with Crippen LogP contribution in [0.5, 0.6) is 5.75 Å². The zero-order valence-electron chi connectivity index (χ0n) is 13.2. The second-order valence-electron chi connectivity index (χ2n) is 5.72. The molecule has 0 radical (unpaired) electrons. The average Bonchev–Trinajstić information content (AvgIpc) is 2.99. The van der Waals surface area contributed by atoms with E-state index in [1.807, 2.05) is 12.1 Å². The Hall–Kier alpha value is -1.13. The predicted molar refractivity (Wildman–Crippen MR) is 82.3 cm³/mol. The molecule has 1 atom stereocenters. The monoisotopic (exact) mass is 295 g/mol. The summed E-state index contributed by atoms with van der Waals surface area (Å²) in [5, 5.41) is 3.50. The number of halogens is 1. The summed E-state index contributed by atoms with van der Waals surface area (Å²) in [6, 6.07) is 5.45. The molecule has 0 amide bonds. The fraction of sp³-hybridized carbons (Fsp3) is 0.647. The largest absolute Gasteiger partial charge is 0.494 e. The molecule has 0 saturated heterocycles. The molecular weight excluding hydrogens is 269 g/mol. The van der Waals surface area contributed by atoms with Gasteiger partial charge >= 0.3 is 0 Å². The van der Waals surface area contributed by atoms with E-state index in [0.717, 1.165) is 19.4 Å². The van der Waals surface area contributed by atoms with Crippen LogP contribution in [-0.4, -0.2) is 32.4 Å². The Kier molecular flexibility index (Phi) is 5.59. The van der Waals surface area contributed by atoms with E-state index in [9.17, 15) is 4.39 Å². The van der Waals surface area contributed by atoms with Crippen LogP contribution in [0.15, 0.2) is 18.2 Å². The summed E-state index contributed by atoms with van der Waals surface area (Å²) in [4.78, 5) is 0. The second-order valence-corrected chi connectivity index (χ2v) is 5.72. The van der Waals surface area contributed by atoms with Gasteiger partial charge in [0.15, 0.2) is 11.6 Å². The first kappa shape index (κ1) is 16.2. The minimum atomic E-state index is -0.257. The SMILES string of the molecule is CCNC(Cc1cccc(OC)c1F)C1(OC)CCCC1. The Morgan fingerprint density at radius 1 is 1.29 bits per heavy atom. The van der Waals surface area contributed by atoms with Crippen LogP contribution in [0.4, 0.5) is 4.39 Å². The minimum absolute atomic E-state index is 0.122. The molecular formula is C17H26FNO2. The lowest BCUT2D eigenvalue weighted by Gasteiger charge is -2.37. The van der Waals surface area contributed by atoms with Gasteiger partial charge in [0, 0.05) is 13.2 Å². The van der Waals surface area contributed by atoms with Gasteiger partial charge in [0.2, 0.25) is 0 Å². The van der Waals surface area contributed by atoms with Gasteiger partial charge in [0.25, 0.3) is 0 Å². The van der Waals surface area contributed by atoms with Gasteiger partial charge in [-0.15, -0.1) is 0 Å². The van der Waals surface area contributed by atoms with Gasteiger partial charge in [0.05, 0.1) is 12.7 Å². The summed E-state index contributed by atoms with van der Waals surface area (Å²) in [5.41, 5.74) is 0.509. The number of likely N-dealkylation sites (N-methyl/N-ethyl adjacent to an activating group) is 1. The predicted octanol–water partition coefficient (Wildman–Crippen LogP) is 3.31. The van der Waals surface area contributed by atoms with E-state index < -0.39 is 0 Å². The number of rotatable bonds is 7. The first-order valence-electron chi connectivity index (χ1n) is 7.76. The molecule has 0 spiro atoms. The van der Waals surface area contributed by atoms with Gasteiger partial charge in [-0.1, -0.05) is 31.9 Å². The maximum absolute atomic E-state index is 14.4. The normalized spacial score (nSPS) is 18.7. The summed E-state index contributed by atoms with van der Waals surface area (Å²) < 4.78 is 25.3. The molecule has 0 heterocycles. The minimum Gasteiger partial charge on any atom is -0.494 e. The molecule has 3 nitrogen and oxygen atoms in total. The lowest BCUT2D eigenvalue weighted by atomic mass is 9.87. The van der Waals surface area contributed by atoms with E-state index >= 15 is 0 Å². The molecule has 1 aromatic carbocycles. The van der Waals surface area contributed by atoms with Crippen LogP contribution < -0.4 is 10.1 Å². The van der Waals surface area contributed by atoms with Crippen molar-refractivity contribution in [2.45, 2.75) is 50.7 Å². The van der Waals surface area contributed by atoms with Crippen molar-refractivity contribution in [3.8, 4) is 5.75 Å². The van der Waals surface area contributed by atoms with Crippen LogP contribution in [0.1, 0.15) is 38.2 Å². The van der Waals surface area contributed by atoms with Crippen LogP contribution in [0, 0.1) is 5.82 Å². The lowest BCUT2D eigenvalue weighted by Crippen LogP contribution is -2.51. The van der Waals surface area contributed by atoms with E-state index in [-0.39, 0.29) is 17.5 Å². The second kappa shape index (κ2) is 7.23. The van der Waals surface area contributed by atoms with Crippen molar-refractivity contribution in [2.75, 3.05) is 20.8 Å². The zero-order chi connectivity index (χ0) is 15.3. The molecule has 1 aliphatic carbocycles. The van der Waals surface area contributed by atoms with Crippen molar-refractivity contribution in [1.82, 2.24) is 5.32 Å². The Bertz CT molecular complexity index is 458. The molecule has 1 unspecified atom stereocenters. The van der Waals surface area contributed by atoms with E-state index in [1.54, 1.807) is 13.2 Å². The van der Waals surface area contributed by atoms with Crippen molar-refractivity contribution in [3.05, 3.63) is 29.6 Å². The molecule has 0 aromatic heterocycles. The van der Waals surface area contributed by atoms with Gasteiger partial charge in [-0.05, 0) is 37.4 Å². The summed E-state index contributed by atoms with van der Waals surface area (Å²) >= 11 is 0. The molecule has 1 aliphatic rings. The first-order chi connectivity index (χ1) is 10.2. The topological polar surface area (TPSA) is 30.5 Å². The van der Waals surface area contributed by atoms with Crippen molar-refractivity contribution in [3.63, 3.8) is 0 Å². The summed E-state index contributed by atoms with van der Waals surface area (Å²) in [5.74, 6) is 0.0489. The standard InChI is InChI=1S/C17H26FNO2/c1-4-19-15(17(21-3)10-5-6-11-17)12-13-8-7-9-14(20-2)16(13)18/h7-9,15,19H,4-6,10-12H2,1-3H3. The highest BCUT2D eigenvalue weighted by Crippen LogP contribution is 2.37. The van der Waals surface area contributed by atoms with Crippen LogP contribution in [-0.2, 0) is 11.2 Å². The lowest BCUT2D eigenvalue weighted by molar-refractivity contribution is -0.0353. The quantitative estimate of drug-likeness (QED) is 0.837. The molecule has 1 aromatic rings. The molecule has 0 bridgehead atoms. The molecule has 1 saturated carbocycles. The number of hydrogen-bond acceptors (Lipinski definition) is 3. The highest BCUT2D eigenvalue weighted by molar-refractivity contribution is 5.32. The number of ether oxygens (including phenoxy) is 2. The maximum Gasteiger partial charge on any atom is 0.168 e. The smallest absolute Gasteiger partial charge is 0.168 e. The average molecular weight is 295 g/mol. The summed E-state index contributed by atoms with van der Waals surface area (Å²) in [6.07, 6.45) is 5.04. The van der Waals surface area contributed by atoms with E-state index in [2.05, 4.69) is 12.2 Å². The third-order valence-corrected chi connectivity index (χ3v) is 4.63. The fourth-order valence-electron chi connectivity index (χ4n) is 3.45. The molecule has 118 valence electrons. The highest BCUT2D eigenvalue weighted by Gasteiger charge is 2.41. The molecule has 21 heavy (non-hydrogen) atoms. The number of methoxy groups -OCH3 is 2. The summed E-state index contributed by atoms with van der Waals surface area (Å²) in [6.45, 7) is 2.93. The third-order valence-electron chi connectivity index (χ3n) is 4.63. The van der Waals surface area contributed by atoms with Crippen LogP contribution in [0.3, 0.4) is 0 Å². The Morgan fingerprint density at radius 2 is 2.00 bits per heavy atom. The van der Waals surface area contributed by atoms with Gasteiger partial charge in [-0.2, -0.15) is 0 Å². The number of hydrogen-bond donors (Lipinski definition) is 1. The maximum atomic E-state index is 14.4. The van der Waals surface area contributed by atoms with E-state index in [1.165, 1.54) is 20.0 Å². The summed E-state index contributed by atoms with van der Waals surface area (Å²) in [7, 11) is 3.27. The zero-order valence-corrected chi connectivity index (χ0v) is 13.2. The number of nitrogens with one attached hydrogen (secondary N) is 1.